The molecular formula is C20H25NO2. The van der Waals surface area contributed by atoms with Crippen molar-refractivity contribution in [3.05, 3.63) is 65.2 Å². The highest BCUT2D eigenvalue weighted by molar-refractivity contribution is 5.94. The first kappa shape index (κ1) is 17.2. The van der Waals surface area contributed by atoms with Crippen molar-refractivity contribution in [3.8, 4) is 5.75 Å². The topological polar surface area (TPSA) is 29.5 Å². The van der Waals surface area contributed by atoms with Crippen LogP contribution in [0.25, 0.3) is 0 Å². The molecule has 0 amide bonds. The van der Waals surface area contributed by atoms with Crippen LogP contribution in [0.1, 0.15) is 42.3 Å². The highest BCUT2D eigenvalue weighted by Crippen LogP contribution is 2.15. The van der Waals surface area contributed by atoms with Crippen molar-refractivity contribution in [1.29, 1.82) is 0 Å². The average molecular weight is 311 g/mol. The Hall–Kier alpha value is -2.13. The van der Waals surface area contributed by atoms with Crippen molar-refractivity contribution in [2.75, 3.05) is 13.1 Å². The van der Waals surface area contributed by atoms with E-state index in [4.69, 9.17) is 4.74 Å². The number of ether oxygens (including phenoxy) is 1. The van der Waals surface area contributed by atoms with Crippen molar-refractivity contribution in [3.63, 3.8) is 0 Å². The Morgan fingerprint density at radius 3 is 2.00 bits per heavy atom. The summed E-state index contributed by atoms with van der Waals surface area (Å²) in [6.45, 7) is 9.59. The van der Waals surface area contributed by atoms with E-state index in [0.717, 1.165) is 30.9 Å². The third-order valence-corrected chi connectivity index (χ3v) is 3.99. The Kier molecular flexibility index (Phi) is 6.36. The van der Waals surface area contributed by atoms with E-state index >= 15 is 0 Å². The normalized spacial score (nSPS) is 10.8. The SMILES string of the molecule is CCN(CC)Cc1ccc(COc2ccc(C(C)=O)cc2)cc1. The van der Waals surface area contributed by atoms with Crippen LogP contribution in [0.2, 0.25) is 0 Å². The summed E-state index contributed by atoms with van der Waals surface area (Å²) in [4.78, 5) is 13.6. The van der Waals surface area contributed by atoms with Crippen LogP contribution in [-0.4, -0.2) is 23.8 Å². The molecule has 0 radical (unpaired) electrons. The van der Waals surface area contributed by atoms with Gasteiger partial charge in [0, 0.05) is 12.1 Å². The summed E-state index contributed by atoms with van der Waals surface area (Å²) >= 11 is 0. The number of benzene rings is 2. The molecule has 0 aliphatic rings. The molecule has 3 nitrogen and oxygen atoms in total. The van der Waals surface area contributed by atoms with Gasteiger partial charge in [-0.15, -0.1) is 0 Å². The van der Waals surface area contributed by atoms with Crippen LogP contribution in [0.3, 0.4) is 0 Å². The van der Waals surface area contributed by atoms with Crippen molar-refractivity contribution in [2.24, 2.45) is 0 Å². The van der Waals surface area contributed by atoms with E-state index in [1.54, 1.807) is 19.1 Å². The van der Waals surface area contributed by atoms with Crippen LogP contribution in [-0.2, 0) is 13.2 Å². The summed E-state index contributed by atoms with van der Waals surface area (Å²) in [6.07, 6.45) is 0. The summed E-state index contributed by atoms with van der Waals surface area (Å²) in [6, 6.07) is 15.8. The van der Waals surface area contributed by atoms with Crippen LogP contribution < -0.4 is 4.74 Å². The minimum Gasteiger partial charge on any atom is -0.489 e. The van der Waals surface area contributed by atoms with Gasteiger partial charge in [0.1, 0.15) is 12.4 Å². The van der Waals surface area contributed by atoms with E-state index in [1.807, 2.05) is 12.1 Å². The smallest absolute Gasteiger partial charge is 0.159 e. The van der Waals surface area contributed by atoms with Gasteiger partial charge < -0.3 is 4.74 Å². The Balaban J connectivity index is 1.89. The minimum atomic E-state index is 0.0698. The molecule has 0 unspecified atom stereocenters. The highest BCUT2D eigenvalue weighted by atomic mass is 16.5. The van der Waals surface area contributed by atoms with Gasteiger partial charge in [0.2, 0.25) is 0 Å². The maximum atomic E-state index is 11.2. The molecule has 0 aromatic heterocycles. The number of carbonyl (C=O) groups excluding carboxylic acids is 1. The fraction of sp³-hybridized carbons (Fsp3) is 0.350. The van der Waals surface area contributed by atoms with E-state index in [2.05, 4.69) is 43.0 Å². The molecule has 0 fully saturated rings. The van der Waals surface area contributed by atoms with Gasteiger partial charge in [-0.2, -0.15) is 0 Å². The maximum absolute atomic E-state index is 11.2. The van der Waals surface area contributed by atoms with E-state index in [-0.39, 0.29) is 5.78 Å². The van der Waals surface area contributed by atoms with Crippen LogP contribution in [0.5, 0.6) is 5.75 Å². The molecule has 2 rings (SSSR count). The van der Waals surface area contributed by atoms with Gasteiger partial charge in [-0.25, -0.2) is 0 Å². The third-order valence-electron chi connectivity index (χ3n) is 3.99. The second kappa shape index (κ2) is 8.49. The second-order valence-corrected chi connectivity index (χ2v) is 5.65. The first-order valence-electron chi connectivity index (χ1n) is 8.16. The molecule has 0 heterocycles. The van der Waals surface area contributed by atoms with Crippen molar-refractivity contribution < 1.29 is 9.53 Å². The highest BCUT2D eigenvalue weighted by Gasteiger charge is 2.03. The predicted octanol–water partition coefficient (Wildman–Crippen LogP) is 4.31. The zero-order valence-electron chi connectivity index (χ0n) is 14.2. The van der Waals surface area contributed by atoms with Gasteiger partial charge in [0.25, 0.3) is 0 Å². The monoisotopic (exact) mass is 311 g/mol. The molecule has 0 saturated carbocycles. The summed E-state index contributed by atoms with van der Waals surface area (Å²) in [5.41, 5.74) is 3.17. The van der Waals surface area contributed by atoms with Crippen molar-refractivity contribution in [1.82, 2.24) is 4.90 Å². The van der Waals surface area contributed by atoms with E-state index in [0.29, 0.717) is 12.2 Å². The number of carbonyl (C=O) groups is 1. The molecular weight excluding hydrogens is 286 g/mol. The largest absolute Gasteiger partial charge is 0.489 e. The molecule has 0 N–H and O–H groups in total. The van der Waals surface area contributed by atoms with Crippen molar-refractivity contribution >= 4 is 5.78 Å². The fourth-order valence-electron chi connectivity index (χ4n) is 2.40. The van der Waals surface area contributed by atoms with Gasteiger partial charge in [0.15, 0.2) is 5.78 Å². The van der Waals surface area contributed by atoms with E-state index in [1.165, 1.54) is 5.56 Å². The lowest BCUT2D eigenvalue weighted by Gasteiger charge is -2.18. The number of hydrogen-bond donors (Lipinski definition) is 0. The summed E-state index contributed by atoms with van der Waals surface area (Å²) < 4.78 is 5.77. The quantitative estimate of drug-likeness (QED) is 0.680. The Labute approximate surface area is 138 Å². The second-order valence-electron chi connectivity index (χ2n) is 5.65. The number of Topliss-reactive ketones (excluding diaryl/α,β-unsaturated/α-hetero) is 1. The van der Waals surface area contributed by atoms with Crippen LogP contribution in [0.15, 0.2) is 48.5 Å². The number of ketones is 1. The van der Waals surface area contributed by atoms with Crippen molar-refractivity contribution in [2.45, 2.75) is 33.9 Å². The molecule has 122 valence electrons. The average Bonchev–Trinajstić information content (AvgIpc) is 2.59. The van der Waals surface area contributed by atoms with Gasteiger partial charge in [-0.3, -0.25) is 9.69 Å². The van der Waals surface area contributed by atoms with Crippen LogP contribution in [0, 0.1) is 0 Å². The molecule has 0 spiro atoms. The molecule has 0 atom stereocenters. The lowest BCUT2D eigenvalue weighted by Crippen LogP contribution is -2.22. The minimum absolute atomic E-state index is 0.0698. The number of rotatable bonds is 8. The maximum Gasteiger partial charge on any atom is 0.159 e. The molecule has 0 aliphatic heterocycles. The molecule has 23 heavy (non-hydrogen) atoms. The number of hydrogen-bond acceptors (Lipinski definition) is 3. The Morgan fingerprint density at radius 2 is 1.48 bits per heavy atom. The molecule has 2 aromatic rings. The van der Waals surface area contributed by atoms with Crippen LogP contribution >= 0.6 is 0 Å². The van der Waals surface area contributed by atoms with Gasteiger partial charge >= 0.3 is 0 Å². The van der Waals surface area contributed by atoms with Gasteiger partial charge in [-0.05, 0) is 55.4 Å². The zero-order valence-corrected chi connectivity index (χ0v) is 14.2. The molecule has 0 bridgehead atoms. The summed E-state index contributed by atoms with van der Waals surface area (Å²) in [5.74, 6) is 0.850. The van der Waals surface area contributed by atoms with Gasteiger partial charge in [-0.1, -0.05) is 38.1 Å². The lowest BCUT2D eigenvalue weighted by molar-refractivity contribution is 0.101. The molecule has 0 saturated heterocycles. The zero-order chi connectivity index (χ0) is 16.7. The summed E-state index contributed by atoms with van der Waals surface area (Å²) in [7, 11) is 0. The summed E-state index contributed by atoms with van der Waals surface area (Å²) in [5, 5.41) is 0. The molecule has 3 heteroatoms. The van der Waals surface area contributed by atoms with Crippen LogP contribution in [0.4, 0.5) is 0 Å². The first-order valence-corrected chi connectivity index (χ1v) is 8.16. The fourth-order valence-corrected chi connectivity index (χ4v) is 2.40. The first-order chi connectivity index (χ1) is 11.1. The third kappa shape index (κ3) is 5.22. The Bertz CT molecular complexity index is 613. The predicted molar refractivity (Wildman–Crippen MR) is 93.8 cm³/mol. The van der Waals surface area contributed by atoms with E-state index < -0.39 is 0 Å². The lowest BCUT2D eigenvalue weighted by atomic mass is 10.1. The van der Waals surface area contributed by atoms with Gasteiger partial charge in [0.05, 0.1) is 0 Å². The number of nitrogens with zero attached hydrogens (tertiary/aromatic N) is 1. The molecule has 0 aliphatic carbocycles. The standard InChI is InChI=1S/C20H25NO2/c1-4-21(5-2)14-17-6-8-18(9-7-17)15-23-20-12-10-19(11-13-20)16(3)22/h6-13H,4-5,14-15H2,1-3H3. The van der Waals surface area contributed by atoms with E-state index in [9.17, 15) is 4.79 Å². The molecule has 2 aromatic carbocycles. The Morgan fingerprint density at radius 1 is 0.913 bits per heavy atom.